The molecule has 0 bridgehead atoms. The highest BCUT2D eigenvalue weighted by Crippen LogP contribution is 2.38. The molecule has 1 amide bonds. The summed E-state index contributed by atoms with van der Waals surface area (Å²) in [6.07, 6.45) is -3.32. The molecule has 2 N–H and O–H groups in total. The summed E-state index contributed by atoms with van der Waals surface area (Å²) in [6, 6.07) is 2.16. The first-order valence-electron chi connectivity index (χ1n) is 11.1. The number of carbonyl (C=O) groups excluding carboxylic acids is 1. The van der Waals surface area contributed by atoms with Gasteiger partial charge in [0.15, 0.2) is 0 Å². The number of carbonyl (C=O) groups is 1. The zero-order chi connectivity index (χ0) is 24.5. The molecule has 2 saturated heterocycles. The number of rotatable bonds is 5. The molecule has 0 unspecified atom stereocenters. The number of amides is 1. The highest BCUT2D eigenvalue weighted by molar-refractivity contribution is 5.78. The van der Waals surface area contributed by atoms with E-state index in [-0.39, 0.29) is 46.8 Å². The molecule has 9 nitrogen and oxygen atoms in total. The van der Waals surface area contributed by atoms with Crippen molar-refractivity contribution in [3.63, 3.8) is 0 Å². The summed E-state index contributed by atoms with van der Waals surface area (Å²) in [5.74, 6) is 0.0485. The Kier molecular flexibility index (Phi) is 6.78. The van der Waals surface area contributed by atoms with E-state index in [0.717, 1.165) is 12.3 Å². The molecule has 0 aromatic carbocycles. The lowest BCUT2D eigenvalue weighted by atomic mass is 10.1. The van der Waals surface area contributed by atoms with Gasteiger partial charge in [-0.2, -0.15) is 18.2 Å². The van der Waals surface area contributed by atoms with Gasteiger partial charge in [-0.15, -0.1) is 0 Å². The molecule has 2 aliphatic rings. The van der Waals surface area contributed by atoms with Gasteiger partial charge in [0.05, 0.1) is 31.0 Å². The predicted molar refractivity (Wildman–Crippen MR) is 118 cm³/mol. The van der Waals surface area contributed by atoms with E-state index in [2.05, 4.69) is 15.0 Å². The van der Waals surface area contributed by atoms with Gasteiger partial charge in [0.2, 0.25) is 17.7 Å². The summed E-state index contributed by atoms with van der Waals surface area (Å²) in [5.41, 5.74) is 4.40. The number of hydrogen-bond acceptors (Lipinski definition) is 8. The first-order valence-corrected chi connectivity index (χ1v) is 11.1. The van der Waals surface area contributed by atoms with E-state index in [1.54, 1.807) is 4.90 Å². The molecule has 1 atom stereocenters. The van der Waals surface area contributed by atoms with Crippen LogP contribution in [0.2, 0.25) is 0 Å². The minimum absolute atomic E-state index is 0.0272. The number of halogens is 3. The van der Waals surface area contributed by atoms with Gasteiger partial charge in [-0.3, -0.25) is 4.79 Å². The number of alkyl halides is 3. The van der Waals surface area contributed by atoms with Gasteiger partial charge in [-0.05, 0) is 6.07 Å². The minimum Gasteiger partial charge on any atom is -0.472 e. The highest BCUT2D eigenvalue weighted by atomic mass is 19.4. The predicted octanol–water partition coefficient (Wildman–Crippen LogP) is 2.61. The van der Waals surface area contributed by atoms with Gasteiger partial charge in [0.1, 0.15) is 11.9 Å². The summed E-state index contributed by atoms with van der Waals surface area (Å²) >= 11 is 0. The summed E-state index contributed by atoms with van der Waals surface area (Å²) < 4.78 is 52.7. The number of anilines is 2. The molecule has 0 aliphatic carbocycles. The number of hydrogen-bond donors (Lipinski definition) is 1. The maximum atomic E-state index is 13.8. The van der Waals surface area contributed by atoms with Gasteiger partial charge in [-0.25, -0.2) is 9.97 Å². The molecule has 34 heavy (non-hydrogen) atoms. The summed E-state index contributed by atoms with van der Waals surface area (Å²) in [6.45, 7) is 6.51. The minimum atomic E-state index is -4.65. The maximum absolute atomic E-state index is 13.8. The van der Waals surface area contributed by atoms with Crippen molar-refractivity contribution >= 4 is 17.7 Å². The summed E-state index contributed by atoms with van der Waals surface area (Å²) in [7, 11) is 0. The standard InChI is InChI=1S/C22H27F3N6O3/c1-13(2)20(32)31-4-3-14(12-31)34-19-10-17(28-21(29-19)30-5-7-33-8-6-30)15-11-27-18(26)9-16(15)22(23,24)25/h9-11,13-14H,3-8,12H2,1-2H3,(H2,26,27)/t14-/m0/s1. The van der Waals surface area contributed by atoms with Gasteiger partial charge < -0.3 is 25.0 Å². The van der Waals surface area contributed by atoms with Crippen molar-refractivity contribution in [2.75, 3.05) is 50.0 Å². The van der Waals surface area contributed by atoms with Crippen LogP contribution >= 0.6 is 0 Å². The van der Waals surface area contributed by atoms with Crippen LogP contribution in [-0.2, 0) is 15.7 Å². The van der Waals surface area contributed by atoms with Crippen molar-refractivity contribution in [1.82, 2.24) is 19.9 Å². The smallest absolute Gasteiger partial charge is 0.417 e. The van der Waals surface area contributed by atoms with Crippen LogP contribution < -0.4 is 15.4 Å². The largest absolute Gasteiger partial charge is 0.472 e. The third-order valence-corrected chi connectivity index (χ3v) is 5.73. The fourth-order valence-corrected chi connectivity index (χ4v) is 3.99. The van der Waals surface area contributed by atoms with Crippen molar-refractivity contribution in [3.8, 4) is 17.1 Å². The molecule has 2 aromatic rings. The van der Waals surface area contributed by atoms with Gasteiger partial charge in [-0.1, -0.05) is 13.8 Å². The molecule has 2 aromatic heterocycles. The first kappa shape index (κ1) is 24.0. The molecule has 2 aliphatic heterocycles. The fraction of sp³-hybridized carbons (Fsp3) is 0.545. The van der Waals surface area contributed by atoms with E-state index in [1.807, 2.05) is 18.7 Å². The van der Waals surface area contributed by atoms with Crippen LogP contribution in [0.4, 0.5) is 24.9 Å². The van der Waals surface area contributed by atoms with Crippen molar-refractivity contribution in [3.05, 3.63) is 23.9 Å². The SMILES string of the molecule is CC(C)C(=O)N1CC[C@H](Oc2cc(-c3cnc(N)cc3C(F)(F)F)nc(N3CCOCC3)n2)C1. The number of morpholine rings is 1. The van der Waals surface area contributed by atoms with Crippen molar-refractivity contribution in [2.24, 2.45) is 5.92 Å². The molecule has 0 radical (unpaired) electrons. The van der Waals surface area contributed by atoms with Gasteiger partial charge in [0, 0.05) is 49.8 Å². The lowest BCUT2D eigenvalue weighted by Crippen LogP contribution is -2.37. The molecule has 0 spiro atoms. The fourth-order valence-electron chi connectivity index (χ4n) is 3.99. The van der Waals surface area contributed by atoms with Crippen LogP contribution in [0, 0.1) is 5.92 Å². The molecule has 4 rings (SSSR count). The second-order valence-corrected chi connectivity index (χ2v) is 8.61. The van der Waals surface area contributed by atoms with Crippen LogP contribution in [0.1, 0.15) is 25.8 Å². The lowest BCUT2D eigenvalue weighted by Gasteiger charge is -2.27. The van der Waals surface area contributed by atoms with E-state index >= 15 is 0 Å². The molecule has 184 valence electrons. The number of nitrogens with two attached hydrogens (primary N) is 1. The second kappa shape index (κ2) is 9.61. The Morgan fingerprint density at radius 3 is 2.62 bits per heavy atom. The monoisotopic (exact) mass is 480 g/mol. The van der Waals surface area contributed by atoms with Crippen molar-refractivity contribution < 1.29 is 27.4 Å². The maximum Gasteiger partial charge on any atom is 0.417 e. The average Bonchev–Trinajstić information content (AvgIpc) is 3.26. The van der Waals surface area contributed by atoms with Gasteiger partial charge in [0.25, 0.3) is 0 Å². The Labute approximate surface area is 195 Å². The van der Waals surface area contributed by atoms with E-state index in [1.165, 1.54) is 6.07 Å². The topological polar surface area (TPSA) is 107 Å². The van der Waals surface area contributed by atoms with Crippen molar-refractivity contribution in [1.29, 1.82) is 0 Å². The summed E-state index contributed by atoms with van der Waals surface area (Å²) in [5, 5.41) is 0. The van der Waals surface area contributed by atoms with Crippen LogP contribution in [0.15, 0.2) is 18.3 Å². The zero-order valence-corrected chi connectivity index (χ0v) is 19.0. The number of pyridine rings is 1. The quantitative estimate of drug-likeness (QED) is 0.696. The lowest BCUT2D eigenvalue weighted by molar-refractivity contribution is -0.137. The van der Waals surface area contributed by atoms with E-state index in [4.69, 9.17) is 15.2 Å². The number of ether oxygens (including phenoxy) is 2. The number of nitrogen functional groups attached to an aromatic ring is 1. The third kappa shape index (κ3) is 5.32. The number of likely N-dealkylation sites (tertiary alicyclic amines) is 1. The van der Waals surface area contributed by atoms with E-state index in [0.29, 0.717) is 45.8 Å². The van der Waals surface area contributed by atoms with Crippen LogP contribution in [-0.4, -0.2) is 71.3 Å². The van der Waals surface area contributed by atoms with Crippen LogP contribution in [0.5, 0.6) is 5.88 Å². The Hall–Kier alpha value is -3.15. The van der Waals surface area contributed by atoms with Gasteiger partial charge >= 0.3 is 6.18 Å². The molecule has 0 saturated carbocycles. The number of aromatic nitrogens is 3. The Morgan fingerprint density at radius 2 is 1.94 bits per heavy atom. The van der Waals surface area contributed by atoms with Crippen LogP contribution in [0.3, 0.4) is 0 Å². The Balaban J connectivity index is 1.68. The normalized spacial score (nSPS) is 19.1. The zero-order valence-electron chi connectivity index (χ0n) is 19.0. The molecular weight excluding hydrogens is 453 g/mol. The molecule has 2 fully saturated rings. The van der Waals surface area contributed by atoms with Crippen molar-refractivity contribution in [2.45, 2.75) is 32.5 Å². The van der Waals surface area contributed by atoms with Crippen LogP contribution in [0.25, 0.3) is 11.3 Å². The first-order chi connectivity index (χ1) is 16.1. The Bertz CT molecular complexity index is 1040. The molecular formula is C22H27F3N6O3. The number of nitrogens with zero attached hydrogens (tertiary/aromatic N) is 5. The molecule has 12 heteroatoms. The highest BCUT2D eigenvalue weighted by Gasteiger charge is 2.35. The summed E-state index contributed by atoms with van der Waals surface area (Å²) in [4.78, 5) is 28.6. The second-order valence-electron chi connectivity index (χ2n) is 8.61. The van der Waals surface area contributed by atoms with E-state index < -0.39 is 11.7 Å². The molecule has 4 heterocycles. The third-order valence-electron chi connectivity index (χ3n) is 5.73. The average molecular weight is 480 g/mol. The van der Waals surface area contributed by atoms with E-state index in [9.17, 15) is 18.0 Å². The Morgan fingerprint density at radius 1 is 1.21 bits per heavy atom.